The van der Waals surface area contributed by atoms with Gasteiger partial charge in [-0.3, -0.25) is 4.79 Å². The van der Waals surface area contributed by atoms with Gasteiger partial charge in [-0.15, -0.1) is 0 Å². The smallest absolute Gasteiger partial charge is 0.248 e. The van der Waals surface area contributed by atoms with Crippen LogP contribution in [0.15, 0.2) is 64.3 Å². The van der Waals surface area contributed by atoms with Crippen LogP contribution in [0.5, 0.6) is 5.75 Å². The molecule has 0 atom stereocenters. The molecule has 26 heavy (non-hydrogen) atoms. The number of rotatable bonds is 7. The van der Waals surface area contributed by atoms with Gasteiger partial charge in [0, 0.05) is 17.0 Å². The highest BCUT2D eigenvalue weighted by molar-refractivity contribution is 7.91. The fraction of sp³-hybridized carbons (Fsp3) is 0.211. The molecule has 2 aromatic carbocycles. The lowest BCUT2D eigenvalue weighted by Gasteiger charge is -2.08. The minimum absolute atomic E-state index is 0.0129. The molecule has 0 aliphatic heterocycles. The maximum Gasteiger partial charge on any atom is 0.248 e. The van der Waals surface area contributed by atoms with Crippen LogP contribution in [0.1, 0.15) is 12.8 Å². The van der Waals surface area contributed by atoms with Crippen molar-refractivity contribution in [3.05, 3.63) is 70.8 Å². The van der Waals surface area contributed by atoms with Gasteiger partial charge in [0.05, 0.1) is 17.3 Å². The summed E-state index contributed by atoms with van der Waals surface area (Å²) in [4.78, 5) is 14.1. The zero-order valence-corrected chi connectivity index (χ0v) is 14.8. The van der Waals surface area contributed by atoms with Crippen LogP contribution in [-0.4, -0.2) is 25.8 Å². The number of sulfone groups is 1. The van der Waals surface area contributed by atoms with E-state index in [1.165, 1.54) is 18.2 Å². The molecule has 3 rings (SSSR count). The molecule has 7 heteroatoms. The Hall–Kier alpha value is -2.67. The van der Waals surface area contributed by atoms with Gasteiger partial charge in [-0.2, -0.15) is 0 Å². The Bertz CT molecular complexity index is 1060. The number of pyridine rings is 1. The molecule has 0 fully saturated rings. The number of aromatic nitrogens is 1. The Morgan fingerprint density at radius 3 is 2.50 bits per heavy atom. The monoisotopic (exact) mass is 375 g/mol. The van der Waals surface area contributed by atoms with E-state index >= 15 is 0 Å². The second kappa shape index (κ2) is 7.70. The highest BCUT2D eigenvalue weighted by atomic mass is 32.2. The van der Waals surface area contributed by atoms with E-state index in [4.69, 9.17) is 4.74 Å². The molecule has 136 valence electrons. The van der Waals surface area contributed by atoms with Crippen molar-refractivity contribution in [1.29, 1.82) is 0 Å². The summed E-state index contributed by atoms with van der Waals surface area (Å²) < 4.78 is 42.8. The zero-order chi connectivity index (χ0) is 18.6. The Morgan fingerprint density at radius 1 is 0.962 bits per heavy atom. The third-order valence-corrected chi connectivity index (χ3v) is 5.76. The number of hydrogen-bond donors (Lipinski definition) is 1. The van der Waals surface area contributed by atoms with Crippen LogP contribution >= 0.6 is 0 Å². The van der Waals surface area contributed by atoms with Crippen molar-refractivity contribution >= 4 is 20.7 Å². The van der Waals surface area contributed by atoms with Crippen molar-refractivity contribution in [2.45, 2.75) is 17.7 Å². The Kier molecular flexibility index (Phi) is 5.37. The Morgan fingerprint density at radius 2 is 1.73 bits per heavy atom. The Balaban J connectivity index is 1.50. The minimum Gasteiger partial charge on any atom is -0.494 e. The molecule has 3 aromatic rings. The zero-order valence-electron chi connectivity index (χ0n) is 13.9. The maximum absolute atomic E-state index is 12.9. The third kappa shape index (κ3) is 4.49. The van der Waals surface area contributed by atoms with Gasteiger partial charge in [0.15, 0.2) is 9.84 Å². The average Bonchev–Trinajstić information content (AvgIpc) is 2.62. The van der Waals surface area contributed by atoms with Crippen molar-refractivity contribution < 1.29 is 17.5 Å². The van der Waals surface area contributed by atoms with Gasteiger partial charge >= 0.3 is 0 Å². The molecular weight excluding hydrogens is 357 g/mol. The fourth-order valence-corrected chi connectivity index (χ4v) is 3.94. The first-order chi connectivity index (χ1) is 12.4. The lowest BCUT2D eigenvalue weighted by atomic mass is 10.2. The molecule has 1 aromatic heterocycles. The van der Waals surface area contributed by atoms with E-state index in [1.807, 2.05) is 6.07 Å². The quantitative estimate of drug-likeness (QED) is 0.508. The first-order valence-corrected chi connectivity index (χ1v) is 9.83. The van der Waals surface area contributed by atoms with Crippen LogP contribution in [0.4, 0.5) is 4.39 Å². The van der Waals surface area contributed by atoms with Gasteiger partial charge in [-0.05, 0) is 61.4 Å². The van der Waals surface area contributed by atoms with Crippen molar-refractivity contribution in [1.82, 2.24) is 4.98 Å². The van der Waals surface area contributed by atoms with E-state index in [0.717, 1.165) is 23.0 Å². The predicted octanol–water partition coefficient (Wildman–Crippen LogP) is 3.30. The normalized spacial score (nSPS) is 11.6. The highest BCUT2D eigenvalue weighted by Gasteiger charge is 2.13. The second-order valence-corrected chi connectivity index (χ2v) is 8.01. The number of ether oxygens (including phenoxy) is 1. The molecule has 1 heterocycles. The van der Waals surface area contributed by atoms with E-state index < -0.39 is 15.7 Å². The molecule has 5 nitrogen and oxygen atoms in total. The van der Waals surface area contributed by atoms with Crippen molar-refractivity contribution in [2.75, 3.05) is 12.4 Å². The lowest BCUT2D eigenvalue weighted by molar-refractivity contribution is 0.310. The topological polar surface area (TPSA) is 76.2 Å². The van der Waals surface area contributed by atoms with Gasteiger partial charge in [0.1, 0.15) is 11.6 Å². The van der Waals surface area contributed by atoms with Crippen LogP contribution in [-0.2, 0) is 9.84 Å². The number of fused-ring (bicyclic) bond motifs is 1. The summed E-state index contributed by atoms with van der Waals surface area (Å²) in [5, 5.41) is 0.862. The number of nitrogens with one attached hydrogen (secondary N) is 1. The van der Waals surface area contributed by atoms with Gasteiger partial charge in [0.2, 0.25) is 5.56 Å². The number of benzene rings is 2. The summed E-state index contributed by atoms with van der Waals surface area (Å²) in [5.74, 6) is 0.184. The molecule has 0 aliphatic rings. The molecule has 0 saturated carbocycles. The van der Waals surface area contributed by atoms with E-state index in [1.54, 1.807) is 18.2 Å². The molecule has 0 unspecified atom stereocenters. The number of H-pyrrole nitrogens is 1. The second-order valence-electron chi connectivity index (χ2n) is 5.90. The summed E-state index contributed by atoms with van der Waals surface area (Å²) >= 11 is 0. The summed E-state index contributed by atoms with van der Waals surface area (Å²) in [6, 6.07) is 13.4. The van der Waals surface area contributed by atoms with Crippen LogP contribution in [0.25, 0.3) is 10.9 Å². The molecule has 0 bridgehead atoms. The predicted molar refractivity (Wildman–Crippen MR) is 97.8 cm³/mol. The highest BCUT2D eigenvalue weighted by Crippen LogP contribution is 2.19. The molecule has 0 radical (unpaired) electrons. The lowest BCUT2D eigenvalue weighted by Crippen LogP contribution is -2.08. The van der Waals surface area contributed by atoms with Gasteiger partial charge in [0.25, 0.3) is 0 Å². The summed E-state index contributed by atoms with van der Waals surface area (Å²) in [5.41, 5.74) is 0.573. The maximum atomic E-state index is 12.9. The van der Waals surface area contributed by atoms with Crippen LogP contribution in [0.3, 0.4) is 0 Å². The largest absolute Gasteiger partial charge is 0.494 e. The average molecular weight is 375 g/mol. The number of hydrogen-bond acceptors (Lipinski definition) is 4. The third-order valence-electron chi connectivity index (χ3n) is 3.94. The Labute approximate surface area is 150 Å². The summed E-state index contributed by atoms with van der Waals surface area (Å²) in [6.07, 6.45) is 1.02. The van der Waals surface area contributed by atoms with Crippen molar-refractivity contribution in [2.24, 2.45) is 0 Å². The molecule has 0 aliphatic carbocycles. The molecule has 0 saturated heterocycles. The number of halogens is 1. The van der Waals surface area contributed by atoms with Gasteiger partial charge in [-0.1, -0.05) is 0 Å². The SMILES string of the molecule is O=c1ccc2cc(OCCCCS(=O)(=O)c3ccc(F)cc3)ccc2[nH]1. The molecular formula is C19H18FNO4S. The van der Waals surface area contributed by atoms with E-state index in [9.17, 15) is 17.6 Å². The van der Waals surface area contributed by atoms with Gasteiger partial charge < -0.3 is 9.72 Å². The van der Waals surface area contributed by atoms with E-state index in [2.05, 4.69) is 4.98 Å². The number of aromatic amines is 1. The summed E-state index contributed by atoms with van der Waals surface area (Å²) in [7, 11) is -3.41. The number of unbranched alkanes of at least 4 members (excludes halogenated alkanes) is 1. The van der Waals surface area contributed by atoms with Crippen molar-refractivity contribution in [3.63, 3.8) is 0 Å². The van der Waals surface area contributed by atoms with Crippen LogP contribution in [0, 0.1) is 5.82 Å². The van der Waals surface area contributed by atoms with Crippen molar-refractivity contribution in [3.8, 4) is 5.75 Å². The standard InChI is InChI=1S/C19H18FNO4S/c20-15-4-7-17(8-5-15)26(23,24)12-2-1-11-25-16-6-9-18-14(13-16)3-10-19(22)21-18/h3-10,13H,1-2,11-12H2,(H,21,22). The fourth-order valence-electron chi connectivity index (χ4n) is 2.57. The molecule has 0 amide bonds. The first-order valence-electron chi connectivity index (χ1n) is 8.18. The minimum atomic E-state index is -3.41. The van der Waals surface area contributed by atoms with Crippen LogP contribution < -0.4 is 10.3 Å². The first kappa shape index (κ1) is 18.1. The van der Waals surface area contributed by atoms with E-state index in [-0.39, 0.29) is 16.2 Å². The van der Waals surface area contributed by atoms with E-state index in [0.29, 0.717) is 25.2 Å². The molecule has 1 N–H and O–H groups in total. The van der Waals surface area contributed by atoms with Gasteiger partial charge in [-0.25, -0.2) is 12.8 Å². The summed E-state index contributed by atoms with van der Waals surface area (Å²) in [6.45, 7) is 0.383. The molecule has 0 spiro atoms. The van der Waals surface area contributed by atoms with Crippen LogP contribution in [0.2, 0.25) is 0 Å².